The van der Waals surface area contributed by atoms with E-state index in [1.807, 2.05) is 54.6 Å². The number of fused-ring (bicyclic) bond motifs is 1. The van der Waals surface area contributed by atoms with E-state index in [0.29, 0.717) is 29.0 Å². The van der Waals surface area contributed by atoms with Crippen LogP contribution in [-0.4, -0.2) is 27.7 Å². The van der Waals surface area contributed by atoms with Gasteiger partial charge in [0.15, 0.2) is 0 Å². The van der Waals surface area contributed by atoms with Gasteiger partial charge < -0.3 is 4.90 Å². The summed E-state index contributed by atoms with van der Waals surface area (Å²) in [6, 6.07) is 23.1. The number of hydrogen-bond acceptors (Lipinski definition) is 4. The summed E-state index contributed by atoms with van der Waals surface area (Å²) in [6.45, 7) is 2.33. The van der Waals surface area contributed by atoms with Crippen molar-refractivity contribution >= 4 is 28.2 Å². The van der Waals surface area contributed by atoms with Crippen molar-refractivity contribution in [3.63, 3.8) is 0 Å². The van der Waals surface area contributed by atoms with Crippen LogP contribution in [0.15, 0.2) is 82.6 Å². The van der Waals surface area contributed by atoms with E-state index in [2.05, 4.69) is 11.1 Å². The summed E-state index contributed by atoms with van der Waals surface area (Å²) in [5.41, 5.74) is 4.93. The maximum Gasteiger partial charge on any atom is 0.272 e. The van der Waals surface area contributed by atoms with Crippen molar-refractivity contribution in [2.75, 3.05) is 11.4 Å². The summed E-state index contributed by atoms with van der Waals surface area (Å²) in [6.07, 6.45) is -0.235. The Kier molecular flexibility index (Phi) is 4.08. The number of para-hydroxylation sites is 2. The summed E-state index contributed by atoms with van der Waals surface area (Å²) in [5, 5.41) is 0.478. The highest BCUT2D eigenvalue weighted by Crippen LogP contribution is 2.38. The van der Waals surface area contributed by atoms with Gasteiger partial charge in [0.1, 0.15) is 5.82 Å². The van der Waals surface area contributed by atoms with E-state index in [-0.39, 0.29) is 11.5 Å². The first-order valence-electron chi connectivity index (χ1n) is 10.7. The Morgan fingerprint density at radius 2 is 1.69 bits per heavy atom. The molecule has 0 N–H and O–H groups in total. The molecule has 0 spiro atoms. The van der Waals surface area contributed by atoms with Gasteiger partial charge in [0.2, 0.25) is 6.17 Å². The van der Waals surface area contributed by atoms with Crippen LogP contribution in [0.2, 0.25) is 0 Å². The Morgan fingerprint density at radius 1 is 0.906 bits per heavy atom. The zero-order valence-electron chi connectivity index (χ0n) is 17.5. The molecule has 0 bridgehead atoms. The summed E-state index contributed by atoms with van der Waals surface area (Å²) < 4.78 is 1.44. The molecule has 32 heavy (non-hydrogen) atoms. The molecule has 6 nitrogen and oxygen atoms in total. The SMILES string of the molecule is Cc1nc2ccccc2c(=O)n1[C@@H]1N=C(c2ccccc2)c2cccc3c2N(CC3)C1=O. The first-order valence-corrected chi connectivity index (χ1v) is 10.7. The van der Waals surface area contributed by atoms with Gasteiger partial charge in [0.05, 0.1) is 22.3 Å². The van der Waals surface area contributed by atoms with Crippen molar-refractivity contribution in [3.8, 4) is 0 Å². The van der Waals surface area contributed by atoms with Crippen molar-refractivity contribution in [2.24, 2.45) is 4.99 Å². The maximum absolute atomic E-state index is 13.8. The van der Waals surface area contributed by atoms with Crippen LogP contribution in [0.1, 0.15) is 28.7 Å². The number of aliphatic imine (C=N–C) groups is 1. The molecule has 3 heterocycles. The molecule has 1 atom stereocenters. The standard InChI is InChI=1S/C26H20N4O2/c1-16-27-21-13-6-5-11-19(21)25(31)30(16)24-26(32)29-15-14-18-10-7-12-20(23(18)29)22(28-24)17-8-3-2-4-9-17/h2-13,24H,14-15H2,1H3/t24-/m0/s1. The van der Waals surface area contributed by atoms with Gasteiger partial charge in [-0.25, -0.2) is 9.98 Å². The van der Waals surface area contributed by atoms with Crippen LogP contribution < -0.4 is 10.5 Å². The molecule has 2 aliphatic rings. The summed E-state index contributed by atoms with van der Waals surface area (Å²) >= 11 is 0. The second-order valence-corrected chi connectivity index (χ2v) is 8.12. The highest BCUT2D eigenvalue weighted by molar-refractivity contribution is 6.20. The van der Waals surface area contributed by atoms with Gasteiger partial charge in [0, 0.05) is 17.7 Å². The van der Waals surface area contributed by atoms with Crippen LogP contribution >= 0.6 is 0 Å². The number of nitrogens with zero attached hydrogens (tertiary/aromatic N) is 4. The largest absolute Gasteiger partial charge is 0.308 e. The molecule has 2 aliphatic heterocycles. The lowest BCUT2D eigenvalue weighted by Crippen LogP contribution is -2.39. The number of carbonyl (C=O) groups excluding carboxylic acids is 1. The van der Waals surface area contributed by atoms with Crippen molar-refractivity contribution < 1.29 is 4.79 Å². The maximum atomic E-state index is 13.8. The van der Waals surface area contributed by atoms with Crippen molar-refractivity contribution in [1.82, 2.24) is 9.55 Å². The zero-order valence-corrected chi connectivity index (χ0v) is 17.5. The van der Waals surface area contributed by atoms with Crippen LogP contribution in [0.4, 0.5) is 5.69 Å². The smallest absolute Gasteiger partial charge is 0.272 e. The molecular weight excluding hydrogens is 400 g/mol. The molecule has 0 fully saturated rings. The van der Waals surface area contributed by atoms with Crippen molar-refractivity contribution in [2.45, 2.75) is 19.5 Å². The molecular formula is C26H20N4O2. The Labute approximate surface area is 184 Å². The van der Waals surface area contributed by atoms with Crippen LogP contribution in [0.3, 0.4) is 0 Å². The number of benzene rings is 3. The van der Waals surface area contributed by atoms with Crippen LogP contribution in [-0.2, 0) is 11.2 Å². The van der Waals surface area contributed by atoms with Gasteiger partial charge in [-0.15, -0.1) is 0 Å². The summed E-state index contributed by atoms with van der Waals surface area (Å²) in [7, 11) is 0. The molecule has 1 aromatic heterocycles. The van der Waals surface area contributed by atoms with E-state index in [0.717, 1.165) is 28.8 Å². The van der Waals surface area contributed by atoms with Crippen molar-refractivity contribution in [3.05, 3.63) is 106 Å². The molecule has 6 heteroatoms. The lowest BCUT2D eigenvalue weighted by atomic mass is 9.98. The second-order valence-electron chi connectivity index (χ2n) is 8.12. The van der Waals surface area contributed by atoms with Gasteiger partial charge in [0.25, 0.3) is 11.5 Å². The molecule has 0 aliphatic carbocycles. The third-order valence-corrected chi connectivity index (χ3v) is 6.26. The van der Waals surface area contributed by atoms with E-state index in [1.165, 1.54) is 4.57 Å². The Balaban J connectivity index is 1.66. The summed E-state index contributed by atoms with van der Waals surface area (Å²) in [4.78, 5) is 38.7. The fourth-order valence-electron chi connectivity index (χ4n) is 4.79. The van der Waals surface area contributed by atoms with Gasteiger partial charge >= 0.3 is 0 Å². The Bertz CT molecular complexity index is 1490. The van der Waals surface area contributed by atoms with Crippen LogP contribution in [0.5, 0.6) is 0 Å². The molecule has 0 unspecified atom stereocenters. The quantitative estimate of drug-likeness (QED) is 0.497. The molecule has 0 radical (unpaired) electrons. The van der Waals surface area contributed by atoms with E-state index in [4.69, 9.17) is 4.99 Å². The molecule has 1 amide bonds. The minimum Gasteiger partial charge on any atom is -0.308 e. The van der Waals surface area contributed by atoms with Gasteiger partial charge in [-0.3, -0.25) is 14.2 Å². The van der Waals surface area contributed by atoms with E-state index < -0.39 is 6.17 Å². The number of rotatable bonds is 2. The highest BCUT2D eigenvalue weighted by atomic mass is 16.2. The molecule has 4 aromatic rings. The number of carbonyl (C=O) groups is 1. The van der Waals surface area contributed by atoms with Gasteiger partial charge in [-0.1, -0.05) is 60.7 Å². The number of amides is 1. The first kappa shape index (κ1) is 18.7. The third-order valence-electron chi connectivity index (χ3n) is 6.26. The normalized spacial score (nSPS) is 17.3. The number of hydrogen-bond donors (Lipinski definition) is 0. The average Bonchev–Trinajstić information content (AvgIpc) is 3.21. The van der Waals surface area contributed by atoms with E-state index in [1.54, 1.807) is 24.0 Å². The Morgan fingerprint density at radius 3 is 2.53 bits per heavy atom. The average molecular weight is 420 g/mol. The number of aromatic nitrogens is 2. The fraction of sp³-hybridized carbons (Fsp3) is 0.154. The van der Waals surface area contributed by atoms with Gasteiger partial charge in [-0.2, -0.15) is 0 Å². The van der Waals surface area contributed by atoms with Crippen molar-refractivity contribution in [1.29, 1.82) is 0 Å². The van der Waals surface area contributed by atoms with Gasteiger partial charge in [-0.05, 0) is 31.0 Å². The van der Waals surface area contributed by atoms with E-state index >= 15 is 0 Å². The third kappa shape index (κ3) is 2.66. The lowest BCUT2D eigenvalue weighted by molar-refractivity contribution is -0.121. The minimum atomic E-state index is -1.02. The predicted molar refractivity (Wildman–Crippen MR) is 124 cm³/mol. The fourth-order valence-corrected chi connectivity index (χ4v) is 4.79. The van der Waals surface area contributed by atoms with E-state index in [9.17, 15) is 9.59 Å². The Hall–Kier alpha value is -4.06. The summed E-state index contributed by atoms with van der Waals surface area (Å²) in [5.74, 6) is 0.262. The minimum absolute atomic E-state index is 0.204. The molecule has 3 aromatic carbocycles. The monoisotopic (exact) mass is 420 g/mol. The lowest BCUT2D eigenvalue weighted by Gasteiger charge is -2.22. The molecule has 156 valence electrons. The number of aryl methyl sites for hydroxylation is 1. The molecule has 0 saturated heterocycles. The topological polar surface area (TPSA) is 67.6 Å². The number of anilines is 1. The second kappa shape index (κ2) is 6.99. The zero-order chi connectivity index (χ0) is 21.8. The molecule has 0 saturated carbocycles. The van der Waals surface area contributed by atoms with Crippen LogP contribution in [0, 0.1) is 6.92 Å². The first-order chi connectivity index (χ1) is 15.6. The molecule has 6 rings (SSSR count). The van der Waals surface area contributed by atoms with Crippen LogP contribution in [0.25, 0.3) is 10.9 Å². The predicted octanol–water partition coefficient (Wildman–Crippen LogP) is 3.64. The highest BCUT2D eigenvalue weighted by Gasteiger charge is 2.38.